The van der Waals surface area contributed by atoms with Gasteiger partial charge in [0.2, 0.25) is 0 Å². The number of nitrogens with one attached hydrogen (secondary N) is 2. The highest BCUT2D eigenvalue weighted by atomic mass is 35.5. The van der Waals surface area contributed by atoms with Gasteiger partial charge in [-0.05, 0) is 66.6 Å². The quantitative estimate of drug-likeness (QED) is 0.112. The third-order valence-electron chi connectivity index (χ3n) is 7.92. The Morgan fingerprint density at radius 3 is 2.23 bits per heavy atom. The zero-order chi connectivity index (χ0) is 35.3. The number of esters is 1. The maximum Gasteiger partial charge on any atom is 0.330 e. The Morgan fingerprint density at radius 1 is 0.958 bits per heavy atom. The Bertz CT molecular complexity index is 1580. The lowest BCUT2D eigenvalue weighted by molar-refractivity contribution is -0.151. The second kappa shape index (κ2) is 18.9. The van der Waals surface area contributed by atoms with Gasteiger partial charge in [-0.25, -0.2) is 27.0 Å². The molecule has 48 heavy (non-hydrogen) atoms. The molecule has 0 bridgehead atoms. The molecule has 1 amide bonds. The van der Waals surface area contributed by atoms with Crippen LogP contribution in [0.1, 0.15) is 73.5 Å². The third kappa shape index (κ3) is 12.2. The first-order valence-corrected chi connectivity index (χ1v) is 18.3. The van der Waals surface area contributed by atoms with Crippen LogP contribution in [0.2, 0.25) is 5.15 Å². The molecular weight excluding hydrogens is 662 g/mol. The van der Waals surface area contributed by atoms with Gasteiger partial charge >= 0.3 is 5.97 Å². The first-order valence-electron chi connectivity index (χ1n) is 16.2. The number of hydrogen-bond donors (Lipinski definition) is 3. The van der Waals surface area contributed by atoms with E-state index >= 15 is 0 Å². The van der Waals surface area contributed by atoms with Crippen molar-refractivity contribution >= 4 is 33.3 Å². The number of pyridine rings is 1. The summed E-state index contributed by atoms with van der Waals surface area (Å²) in [5.41, 5.74) is 8.93. The van der Waals surface area contributed by atoms with Crippen molar-refractivity contribution in [2.75, 3.05) is 12.3 Å². The van der Waals surface area contributed by atoms with Crippen molar-refractivity contribution < 1.29 is 31.5 Å². The highest BCUT2D eigenvalue weighted by molar-refractivity contribution is 7.92. The fourth-order valence-corrected chi connectivity index (χ4v) is 7.66. The van der Waals surface area contributed by atoms with Crippen LogP contribution in [0.3, 0.4) is 0 Å². The fourth-order valence-electron chi connectivity index (χ4n) is 5.40. The van der Waals surface area contributed by atoms with Crippen molar-refractivity contribution in [3.8, 4) is 0 Å². The van der Waals surface area contributed by atoms with Crippen molar-refractivity contribution in [2.24, 2.45) is 5.73 Å². The SMILES string of the molecule is CCCC(CCC)S(=O)(=O)C[C@H](NC(=O)c1ccc(Cl)nc1)C(=O)O[C@H](CNCc1cccc(CC)c1)[C@@H](N)Cc1cc(F)cc(F)c1. The van der Waals surface area contributed by atoms with E-state index in [1.165, 1.54) is 18.3 Å². The van der Waals surface area contributed by atoms with Crippen molar-refractivity contribution in [3.63, 3.8) is 0 Å². The van der Waals surface area contributed by atoms with E-state index in [1.807, 2.05) is 45.0 Å². The zero-order valence-electron chi connectivity index (χ0n) is 27.6. The lowest BCUT2D eigenvalue weighted by Crippen LogP contribution is -2.52. The van der Waals surface area contributed by atoms with Crippen LogP contribution in [0, 0.1) is 11.6 Å². The molecule has 0 saturated heterocycles. The molecule has 0 fully saturated rings. The van der Waals surface area contributed by atoms with Crippen LogP contribution < -0.4 is 16.4 Å². The van der Waals surface area contributed by atoms with Crippen LogP contribution in [-0.4, -0.2) is 61.0 Å². The van der Waals surface area contributed by atoms with Gasteiger partial charge in [0.1, 0.15) is 28.9 Å². The van der Waals surface area contributed by atoms with Gasteiger partial charge in [0.25, 0.3) is 5.91 Å². The number of halogens is 3. The predicted molar refractivity (Wildman–Crippen MR) is 183 cm³/mol. The Balaban J connectivity index is 1.89. The van der Waals surface area contributed by atoms with E-state index in [9.17, 15) is 26.8 Å². The van der Waals surface area contributed by atoms with Gasteiger partial charge in [-0.2, -0.15) is 0 Å². The molecule has 1 aromatic heterocycles. The van der Waals surface area contributed by atoms with E-state index in [2.05, 4.69) is 15.6 Å². The second-order valence-electron chi connectivity index (χ2n) is 11.8. The van der Waals surface area contributed by atoms with Gasteiger partial charge in [0, 0.05) is 31.4 Å². The number of carbonyl (C=O) groups excluding carboxylic acids is 2. The minimum Gasteiger partial charge on any atom is -0.458 e. The van der Waals surface area contributed by atoms with Crippen LogP contribution in [0.15, 0.2) is 60.8 Å². The number of sulfone groups is 1. The number of rotatable bonds is 19. The van der Waals surface area contributed by atoms with Crippen LogP contribution >= 0.6 is 11.6 Å². The van der Waals surface area contributed by atoms with E-state index in [0.29, 0.717) is 32.2 Å². The van der Waals surface area contributed by atoms with Gasteiger partial charge in [-0.1, -0.05) is 69.5 Å². The number of benzene rings is 2. The van der Waals surface area contributed by atoms with E-state index in [-0.39, 0.29) is 29.2 Å². The zero-order valence-corrected chi connectivity index (χ0v) is 29.1. The molecule has 4 N–H and O–H groups in total. The Hall–Kier alpha value is -3.45. The van der Waals surface area contributed by atoms with E-state index < -0.39 is 62.5 Å². The normalized spacial score (nSPS) is 13.6. The molecular formula is C35H45ClF2N4O5S. The molecule has 9 nitrogen and oxygen atoms in total. The molecule has 0 unspecified atom stereocenters. The Morgan fingerprint density at radius 2 is 1.62 bits per heavy atom. The maximum atomic E-state index is 14.0. The summed E-state index contributed by atoms with van der Waals surface area (Å²) >= 11 is 5.86. The molecule has 2 aromatic carbocycles. The lowest BCUT2D eigenvalue weighted by atomic mass is 10.0. The van der Waals surface area contributed by atoms with Crippen molar-refractivity contribution in [2.45, 2.75) is 89.3 Å². The van der Waals surface area contributed by atoms with Crippen molar-refractivity contribution in [3.05, 3.63) is 99.8 Å². The Labute approximate surface area is 286 Å². The van der Waals surface area contributed by atoms with Crippen LogP contribution in [0.4, 0.5) is 8.78 Å². The summed E-state index contributed by atoms with van der Waals surface area (Å²) in [7, 11) is -3.88. The monoisotopic (exact) mass is 706 g/mol. The number of amides is 1. The minimum atomic E-state index is -3.88. The minimum absolute atomic E-state index is 0.0316. The maximum absolute atomic E-state index is 14.0. The van der Waals surface area contributed by atoms with Crippen LogP contribution in [0.5, 0.6) is 0 Å². The summed E-state index contributed by atoms with van der Waals surface area (Å²) in [6.45, 7) is 6.23. The molecule has 13 heteroatoms. The summed E-state index contributed by atoms with van der Waals surface area (Å²) in [6, 6.07) is 11.2. The molecule has 0 aliphatic carbocycles. The number of aromatic nitrogens is 1. The van der Waals surface area contributed by atoms with E-state index in [4.69, 9.17) is 22.1 Å². The topological polar surface area (TPSA) is 140 Å². The first kappa shape index (κ1) is 39.0. The van der Waals surface area contributed by atoms with Gasteiger partial charge in [0.15, 0.2) is 9.84 Å². The molecule has 1 heterocycles. The molecule has 0 aliphatic rings. The molecule has 262 valence electrons. The van der Waals surface area contributed by atoms with Crippen LogP contribution in [-0.2, 0) is 38.8 Å². The van der Waals surface area contributed by atoms with Crippen molar-refractivity contribution in [1.29, 1.82) is 0 Å². The lowest BCUT2D eigenvalue weighted by Gasteiger charge is -2.28. The molecule has 3 rings (SSSR count). The molecule has 3 atom stereocenters. The third-order valence-corrected chi connectivity index (χ3v) is 10.4. The number of carbonyl (C=O) groups is 2. The number of nitrogens with two attached hydrogens (primary N) is 1. The number of nitrogens with zero attached hydrogens (tertiary/aromatic N) is 1. The molecule has 0 aliphatic heterocycles. The standard InChI is InChI=1S/C35H45ClF2N4O5S/c1-4-8-29(9-5-2)48(45,46)22-31(42-34(43)26-12-13-33(36)41-20-26)35(44)47-32(21-40-19-24-11-7-10-23(6-3)14-24)30(39)17-25-15-27(37)18-28(38)16-25/h7,10-16,18,20,29-32,40H,4-6,8-9,17,19,21-22,39H2,1-3H3,(H,42,43)/t30-,31-,32+/m0/s1. The summed E-state index contributed by atoms with van der Waals surface area (Å²) in [5, 5.41) is 5.18. The second-order valence-corrected chi connectivity index (χ2v) is 14.6. The smallest absolute Gasteiger partial charge is 0.330 e. The van der Waals surface area contributed by atoms with Gasteiger partial charge in [-0.3, -0.25) is 4.79 Å². The van der Waals surface area contributed by atoms with Crippen LogP contribution in [0.25, 0.3) is 0 Å². The van der Waals surface area contributed by atoms with Crippen molar-refractivity contribution in [1.82, 2.24) is 15.6 Å². The fraction of sp³-hybridized carbons (Fsp3) is 0.457. The first-order chi connectivity index (χ1) is 22.8. The van der Waals surface area contributed by atoms with Gasteiger partial charge in [0.05, 0.1) is 16.6 Å². The highest BCUT2D eigenvalue weighted by Crippen LogP contribution is 2.19. The average Bonchev–Trinajstić information content (AvgIpc) is 3.03. The van der Waals surface area contributed by atoms with Gasteiger partial charge < -0.3 is 21.1 Å². The van der Waals surface area contributed by atoms with E-state index in [1.54, 1.807) is 0 Å². The number of ether oxygens (including phenoxy) is 1. The number of aryl methyl sites for hydroxylation is 1. The summed E-state index contributed by atoms with van der Waals surface area (Å²) in [4.78, 5) is 30.9. The molecule has 0 radical (unpaired) electrons. The predicted octanol–water partition coefficient (Wildman–Crippen LogP) is 5.33. The molecule has 0 saturated carbocycles. The summed E-state index contributed by atoms with van der Waals surface area (Å²) in [6.07, 6.45) is 2.96. The summed E-state index contributed by atoms with van der Waals surface area (Å²) < 4.78 is 61.0. The average molecular weight is 707 g/mol. The van der Waals surface area contributed by atoms with E-state index in [0.717, 1.165) is 35.7 Å². The summed E-state index contributed by atoms with van der Waals surface area (Å²) in [5.74, 6) is -4.02. The highest BCUT2D eigenvalue weighted by Gasteiger charge is 2.35. The molecule has 0 spiro atoms. The van der Waals surface area contributed by atoms with Gasteiger partial charge in [-0.15, -0.1) is 0 Å². The largest absolute Gasteiger partial charge is 0.458 e. The molecule has 3 aromatic rings. The number of hydrogen-bond acceptors (Lipinski definition) is 8. The Kier molecular flexibility index (Phi) is 15.4.